The van der Waals surface area contributed by atoms with Crippen LogP contribution in [0.25, 0.3) is 0 Å². The van der Waals surface area contributed by atoms with Crippen LogP contribution in [0.1, 0.15) is 6.92 Å². The second kappa shape index (κ2) is 7.43. The molecule has 7 nitrogen and oxygen atoms in total. The second-order valence-corrected chi connectivity index (χ2v) is 6.00. The molecule has 0 heterocycles. The number of nitrogens with zero attached hydrogens (tertiary/aromatic N) is 1. The molecule has 108 valence electrons. The van der Waals surface area contributed by atoms with Crippen LogP contribution in [0.3, 0.4) is 0 Å². The van der Waals surface area contributed by atoms with Crippen molar-refractivity contribution in [2.45, 2.75) is 17.9 Å². The zero-order valence-corrected chi connectivity index (χ0v) is 13.3. The average Bonchev–Trinajstić information content (AvgIpc) is 2.34. The Kier molecular flexibility index (Phi) is 6.20. The number of nitro groups is 1. The molecule has 1 rings (SSSR count). The van der Waals surface area contributed by atoms with Crippen molar-refractivity contribution in [3.8, 4) is 0 Å². The highest BCUT2D eigenvalue weighted by Crippen LogP contribution is 2.28. The quantitative estimate of drug-likeness (QED) is 0.321. The standard InChI is InChI=1S/C11H11IN2O5S/c1-6(15)13-9(11(16)17)5-20-10-3-2-7(14(18)19)4-8(10)12/h2-4,9H,5H2,1H3,(H,13,15)(H,16,17). The zero-order valence-electron chi connectivity index (χ0n) is 10.3. The molecule has 0 fully saturated rings. The summed E-state index contributed by atoms with van der Waals surface area (Å²) in [7, 11) is 0. The van der Waals surface area contributed by atoms with Crippen molar-refractivity contribution in [2.24, 2.45) is 0 Å². The third-order valence-corrected chi connectivity index (χ3v) is 4.63. The molecule has 2 N–H and O–H groups in total. The van der Waals surface area contributed by atoms with E-state index in [-0.39, 0.29) is 11.4 Å². The van der Waals surface area contributed by atoms with Crippen LogP contribution in [0.2, 0.25) is 0 Å². The van der Waals surface area contributed by atoms with Crippen LogP contribution in [0, 0.1) is 13.7 Å². The zero-order chi connectivity index (χ0) is 15.3. The van der Waals surface area contributed by atoms with E-state index in [9.17, 15) is 19.7 Å². The summed E-state index contributed by atoms with van der Waals surface area (Å²) in [4.78, 5) is 32.7. The van der Waals surface area contributed by atoms with Crippen LogP contribution >= 0.6 is 34.4 Å². The van der Waals surface area contributed by atoms with Crippen LogP contribution in [-0.2, 0) is 9.59 Å². The number of aliphatic carboxylic acids is 1. The maximum absolute atomic E-state index is 11.0. The number of nitro benzene ring substituents is 1. The summed E-state index contributed by atoms with van der Waals surface area (Å²) in [5, 5.41) is 21.9. The van der Waals surface area contributed by atoms with E-state index in [2.05, 4.69) is 5.32 Å². The fourth-order valence-corrected chi connectivity index (χ4v) is 3.21. The number of thioether (sulfide) groups is 1. The van der Waals surface area contributed by atoms with Gasteiger partial charge in [-0.15, -0.1) is 11.8 Å². The Balaban J connectivity index is 2.75. The summed E-state index contributed by atoms with van der Waals surface area (Å²) < 4.78 is 0.661. The maximum Gasteiger partial charge on any atom is 0.327 e. The molecule has 0 bridgehead atoms. The molecule has 0 aliphatic heterocycles. The first-order valence-corrected chi connectivity index (χ1v) is 7.44. The molecule has 1 aromatic carbocycles. The number of carboxylic acids is 1. The highest BCUT2D eigenvalue weighted by molar-refractivity contribution is 14.1. The molecule has 1 amide bonds. The molecular formula is C11H11IN2O5S. The van der Waals surface area contributed by atoms with Crippen LogP contribution in [0.15, 0.2) is 23.1 Å². The van der Waals surface area contributed by atoms with Gasteiger partial charge < -0.3 is 10.4 Å². The first kappa shape index (κ1) is 16.7. The van der Waals surface area contributed by atoms with Gasteiger partial charge in [0.1, 0.15) is 6.04 Å². The Bertz CT molecular complexity index is 552. The van der Waals surface area contributed by atoms with Gasteiger partial charge in [0.2, 0.25) is 5.91 Å². The number of non-ortho nitro benzene ring substituents is 1. The minimum absolute atomic E-state index is 0.0182. The molecular weight excluding hydrogens is 399 g/mol. The third kappa shape index (κ3) is 4.96. The fourth-order valence-electron chi connectivity index (χ4n) is 1.31. The molecule has 0 spiro atoms. The topological polar surface area (TPSA) is 110 Å². The van der Waals surface area contributed by atoms with Gasteiger partial charge in [-0.3, -0.25) is 14.9 Å². The predicted molar refractivity (Wildman–Crippen MR) is 81.8 cm³/mol. The Morgan fingerprint density at radius 2 is 2.20 bits per heavy atom. The molecule has 9 heteroatoms. The lowest BCUT2D eigenvalue weighted by Crippen LogP contribution is -2.41. The van der Waals surface area contributed by atoms with Gasteiger partial charge in [0.15, 0.2) is 0 Å². The van der Waals surface area contributed by atoms with Gasteiger partial charge in [0.05, 0.1) is 4.92 Å². The Morgan fingerprint density at radius 1 is 1.55 bits per heavy atom. The van der Waals surface area contributed by atoms with E-state index in [0.717, 1.165) is 4.90 Å². The van der Waals surface area contributed by atoms with Crippen LogP contribution in [-0.4, -0.2) is 33.7 Å². The van der Waals surface area contributed by atoms with Crippen molar-refractivity contribution in [3.05, 3.63) is 31.9 Å². The minimum Gasteiger partial charge on any atom is -0.480 e. The Hall–Kier alpha value is -1.36. The van der Waals surface area contributed by atoms with Gasteiger partial charge in [-0.1, -0.05) is 0 Å². The number of benzene rings is 1. The molecule has 1 unspecified atom stereocenters. The average molecular weight is 410 g/mol. The number of carbonyl (C=O) groups excluding carboxylic acids is 1. The third-order valence-electron chi connectivity index (χ3n) is 2.21. The summed E-state index contributed by atoms with van der Waals surface area (Å²) in [6.45, 7) is 1.25. The van der Waals surface area contributed by atoms with Gasteiger partial charge in [-0.25, -0.2) is 4.79 Å². The van der Waals surface area contributed by atoms with E-state index in [1.807, 2.05) is 22.6 Å². The van der Waals surface area contributed by atoms with E-state index >= 15 is 0 Å². The lowest BCUT2D eigenvalue weighted by Gasteiger charge is -2.13. The van der Waals surface area contributed by atoms with Gasteiger partial charge in [-0.2, -0.15) is 0 Å². The summed E-state index contributed by atoms with van der Waals surface area (Å²) in [6, 6.07) is 3.34. The van der Waals surface area contributed by atoms with Crippen molar-refractivity contribution in [2.75, 3.05) is 5.75 Å². The minimum atomic E-state index is -1.12. The highest BCUT2D eigenvalue weighted by atomic mass is 127. The van der Waals surface area contributed by atoms with Gasteiger partial charge in [0, 0.05) is 33.3 Å². The lowest BCUT2D eigenvalue weighted by atomic mass is 10.3. The molecule has 1 aromatic rings. The highest BCUT2D eigenvalue weighted by Gasteiger charge is 2.19. The van der Waals surface area contributed by atoms with Gasteiger partial charge in [-0.05, 0) is 28.7 Å². The summed E-state index contributed by atoms with van der Waals surface area (Å²) in [5.41, 5.74) is -0.0182. The van der Waals surface area contributed by atoms with E-state index in [1.165, 1.54) is 30.8 Å². The first-order valence-electron chi connectivity index (χ1n) is 5.38. The number of rotatable bonds is 6. The van der Waals surface area contributed by atoms with E-state index in [0.29, 0.717) is 3.57 Å². The molecule has 0 saturated heterocycles. The van der Waals surface area contributed by atoms with Crippen molar-refractivity contribution < 1.29 is 19.6 Å². The Labute approximate surface area is 132 Å². The Morgan fingerprint density at radius 3 is 2.65 bits per heavy atom. The first-order chi connectivity index (χ1) is 9.31. The van der Waals surface area contributed by atoms with Crippen molar-refractivity contribution in [1.82, 2.24) is 5.32 Å². The molecule has 1 atom stereocenters. The normalized spacial score (nSPS) is 11.7. The number of nitrogens with one attached hydrogen (secondary N) is 1. The maximum atomic E-state index is 11.0. The van der Waals surface area contributed by atoms with Crippen LogP contribution in [0.4, 0.5) is 5.69 Å². The molecule has 0 radical (unpaired) electrons. The number of carboxylic acid groups (broad SMARTS) is 1. The SMILES string of the molecule is CC(=O)NC(CSc1ccc([N+](=O)[O-])cc1I)C(=O)O. The van der Waals surface area contributed by atoms with Crippen molar-refractivity contribution >= 4 is 51.9 Å². The van der Waals surface area contributed by atoms with E-state index < -0.39 is 22.8 Å². The number of hydrogen-bond acceptors (Lipinski definition) is 5. The van der Waals surface area contributed by atoms with Crippen molar-refractivity contribution in [1.29, 1.82) is 0 Å². The number of hydrogen-bond donors (Lipinski definition) is 2. The summed E-state index contributed by atoms with van der Waals surface area (Å²) in [6.07, 6.45) is 0. The predicted octanol–water partition coefficient (Wildman–Crippen LogP) is 1.88. The number of halogens is 1. The molecule has 0 aromatic heterocycles. The molecule has 0 aliphatic carbocycles. The van der Waals surface area contributed by atoms with Crippen LogP contribution < -0.4 is 5.32 Å². The van der Waals surface area contributed by atoms with E-state index in [4.69, 9.17) is 5.11 Å². The number of carbonyl (C=O) groups is 2. The largest absolute Gasteiger partial charge is 0.480 e. The molecule has 0 saturated carbocycles. The van der Waals surface area contributed by atoms with Crippen LogP contribution in [0.5, 0.6) is 0 Å². The summed E-state index contributed by atoms with van der Waals surface area (Å²) >= 11 is 3.17. The number of amides is 1. The second-order valence-electron chi connectivity index (χ2n) is 3.77. The molecule has 0 aliphatic rings. The summed E-state index contributed by atoms with van der Waals surface area (Å²) in [5.74, 6) is -1.40. The fraction of sp³-hybridized carbons (Fsp3) is 0.273. The van der Waals surface area contributed by atoms with Crippen molar-refractivity contribution in [3.63, 3.8) is 0 Å². The molecule has 20 heavy (non-hydrogen) atoms. The van der Waals surface area contributed by atoms with E-state index in [1.54, 1.807) is 6.07 Å². The lowest BCUT2D eigenvalue weighted by molar-refractivity contribution is -0.385. The van der Waals surface area contributed by atoms with Gasteiger partial charge >= 0.3 is 5.97 Å². The smallest absolute Gasteiger partial charge is 0.327 e. The monoisotopic (exact) mass is 410 g/mol. The van der Waals surface area contributed by atoms with Gasteiger partial charge in [0.25, 0.3) is 5.69 Å².